The van der Waals surface area contributed by atoms with Crippen LogP contribution in [-0.2, 0) is 14.3 Å². The summed E-state index contributed by atoms with van der Waals surface area (Å²) in [5, 5.41) is 2.55. The number of carbonyl (C=O) groups excluding carboxylic acids is 2. The molecule has 1 aromatic rings. The second-order valence-electron chi connectivity index (χ2n) is 4.36. The minimum Gasteiger partial charge on any atom is -0.493 e. The van der Waals surface area contributed by atoms with Crippen LogP contribution in [0.1, 0.15) is 12.5 Å². The van der Waals surface area contributed by atoms with Gasteiger partial charge in [0.25, 0.3) is 5.91 Å². The number of ether oxygens (including phenoxy) is 3. The molecule has 1 fully saturated rings. The number of hydrogen-bond acceptors (Lipinski definition) is 7. The molecule has 1 aromatic carbocycles. The molecule has 0 radical (unpaired) electrons. The second kappa shape index (κ2) is 7.98. The summed E-state index contributed by atoms with van der Waals surface area (Å²) < 4.78 is 15.9. The predicted octanol–water partition coefficient (Wildman–Crippen LogP) is 2.13. The molecule has 0 bridgehead atoms. The largest absolute Gasteiger partial charge is 0.493 e. The molecule has 6 nitrogen and oxygen atoms in total. The van der Waals surface area contributed by atoms with E-state index in [0.29, 0.717) is 20.7 Å². The Bertz CT molecular complexity index is 672. The number of hydrogen-bond donors (Lipinski definition) is 1. The molecule has 1 N–H and O–H groups in total. The maximum atomic E-state index is 11.7. The summed E-state index contributed by atoms with van der Waals surface area (Å²) in [6, 6.07) is 5.15. The lowest BCUT2D eigenvalue weighted by Gasteiger charge is -2.11. The Labute approximate surface area is 143 Å². The van der Waals surface area contributed by atoms with Crippen molar-refractivity contribution >= 4 is 46.3 Å². The van der Waals surface area contributed by atoms with E-state index in [-0.39, 0.29) is 19.1 Å². The minimum absolute atomic E-state index is 0.219. The quantitative estimate of drug-likeness (QED) is 0.477. The molecule has 1 saturated heterocycles. The van der Waals surface area contributed by atoms with Gasteiger partial charge in [0, 0.05) is 0 Å². The average Bonchev–Trinajstić information content (AvgIpc) is 2.83. The van der Waals surface area contributed by atoms with E-state index in [1.165, 1.54) is 18.9 Å². The Morgan fingerprint density at radius 3 is 2.78 bits per heavy atom. The zero-order chi connectivity index (χ0) is 16.8. The Morgan fingerprint density at radius 1 is 1.39 bits per heavy atom. The monoisotopic (exact) mass is 353 g/mol. The molecule has 0 atom stereocenters. The van der Waals surface area contributed by atoms with E-state index in [2.05, 4.69) is 5.32 Å². The number of esters is 1. The van der Waals surface area contributed by atoms with Gasteiger partial charge >= 0.3 is 5.97 Å². The van der Waals surface area contributed by atoms with Crippen molar-refractivity contribution < 1.29 is 23.8 Å². The summed E-state index contributed by atoms with van der Waals surface area (Å²) in [6.07, 6.45) is 1.69. The maximum Gasteiger partial charge on any atom is 0.344 e. The summed E-state index contributed by atoms with van der Waals surface area (Å²) in [6.45, 7) is 1.79. The molecule has 1 heterocycles. The van der Waals surface area contributed by atoms with E-state index in [1.54, 1.807) is 31.2 Å². The van der Waals surface area contributed by atoms with Gasteiger partial charge in [0.1, 0.15) is 4.32 Å². The average molecular weight is 353 g/mol. The van der Waals surface area contributed by atoms with Crippen LogP contribution in [0.25, 0.3) is 6.08 Å². The second-order valence-corrected chi connectivity index (χ2v) is 6.08. The Hall–Kier alpha value is -2.06. The molecule has 0 spiro atoms. The fraction of sp³-hybridized carbons (Fsp3) is 0.267. The van der Waals surface area contributed by atoms with Gasteiger partial charge in [-0.05, 0) is 30.7 Å². The van der Waals surface area contributed by atoms with E-state index in [9.17, 15) is 9.59 Å². The van der Waals surface area contributed by atoms with Crippen LogP contribution in [0.5, 0.6) is 11.5 Å². The summed E-state index contributed by atoms with van der Waals surface area (Å²) in [4.78, 5) is 23.6. The molecule has 0 aromatic heterocycles. The fourth-order valence-electron chi connectivity index (χ4n) is 1.81. The molecule has 8 heteroatoms. The van der Waals surface area contributed by atoms with Crippen LogP contribution >= 0.6 is 24.0 Å². The van der Waals surface area contributed by atoms with Crippen LogP contribution in [-0.4, -0.2) is 36.5 Å². The maximum absolute atomic E-state index is 11.7. The zero-order valence-corrected chi connectivity index (χ0v) is 14.2. The van der Waals surface area contributed by atoms with Crippen LogP contribution in [0.4, 0.5) is 0 Å². The van der Waals surface area contributed by atoms with Crippen molar-refractivity contribution in [2.45, 2.75) is 6.92 Å². The van der Waals surface area contributed by atoms with Crippen LogP contribution in [0.3, 0.4) is 0 Å². The summed E-state index contributed by atoms with van der Waals surface area (Å²) in [5.41, 5.74) is 0.729. The molecule has 122 valence electrons. The standard InChI is InChI=1S/C15H15NO5S2/c1-3-20-13(17)8-21-11-6-9(4-5-10(11)19-2)7-12-14(18)16-15(22)23-12/h4-7H,3,8H2,1-2H3,(H,16,18,22)/b12-7+. The lowest BCUT2D eigenvalue weighted by atomic mass is 10.2. The highest BCUT2D eigenvalue weighted by atomic mass is 32.2. The van der Waals surface area contributed by atoms with Crippen LogP contribution in [0.15, 0.2) is 23.1 Å². The molecule has 0 aliphatic carbocycles. The summed E-state index contributed by atoms with van der Waals surface area (Å²) >= 11 is 6.14. The fourth-order valence-corrected chi connectivity index (χ4v) is 2.85. The van der Waals surface area contributed by atoms with Crippen molar-refractivity contribution in [2.24, 2.45) is 0 Å². The summed E-state index contributed by atoms with van der Waals surface area (Å²) in [7, 11) is 1.50. The lowest BCUT2D eigenvalue weighted by Crippen LogP contribution is -2.17. The zero-order valence-electron chi connectivity index (χ0n) is 12.6. The van der Waals surface area contributed by atoms with Gasteiger partial charge in [-0.3, -0.25) is 4.79 Å². The molecule has 2 rings (SSSR count). The van der Waals surface area contributed by atoms with E-state index >= 15 is 0 Å². The Kier molecular flexibility index (Phi) is 6.00. The number of rotatable bonds is 6. The van der Waals surface area contributed by atoms with Gasteiger partial charge in [0.2, 0.25) is 0 Å². The number of nitrogens with one attached hydrogen (secondary N) is 1. The van der Waals surface area contributed by atoms with E-state index < -0.39 is 5.97 Å². The van der Waals surface area contributed by atoms with Gasteiger partial charge in [0.05, 0.1) is 18.6 Å². The number of thioether (sulfide) groups is 1. The van der Waals surface area contributed by atoms with Gasteiger partial charge in [-0.2, -0.15) is 0 Å². The number of amides is 1. The summed E-state index contributed by atoms with van der Waals surface area (Å²) in [5.74, 6) is 0.176. The lowest BCUT2D eigenvalue weighted by molar-refractivity contribution is -0.145. The SMILES string of the molecule is CCOC(=O)COc1cc(/C=C2/SC(=S)NC2=O)ccc1OC. The van der Waals surface area contributed by atoms with Crippen molar-refractivity contribution in [3.8, 4) is 11.5 Å². The third kappa shape index (κ3) is 4.70. The van der Waals surface area contributed by atoms with Crippen LogP contribution < -0.4 is 14.8 Å². The Morgan fingerprint density at radius 2 is 2.17 bits per heavy atom. The smallest absolute Gasteiger partial charge is 0.344 e. The molecule has 1 amide bonds. The number of benzene rings is 1. The van der Waals surface area contributed by atoms with Crippen molar-refractivity contribution in [2.75, 3.05) is 20.3 Å². The third-order valence-electron chi connectivity index (χ3n) is 2.78. The first-order chi connectivity index (χ1) is 11.0. The van der Waals surface area contributed by atoms with Gasteiger partial charge in [-0.1, -0.05) is 30.0 Å². The molecular formula is C15H15NO5S2. The first-order valence-electron chi connectivity index (χ1n) is 6.74. The predicted molar refractivity (Wildman–Crippen MR) is 91.4 cm³/mol. The van der Waals surface area contributed by atoms with Gasteiger partial charge in [-0.15, -0.1) is 0 Å². The molecule has 1 aliphatic rings. The first-order valence-corrected chi connectivity index (χ1v) is 7.97. The van der Waals surface area contributed by atoms with Crippen molar-refractivity contribution in [3.05, 3.63) is 28.7 Å². The number of methoxy groups -OCH3 is 1. The highest BCUT2D eigenvalue weighted by Crippen LogP contribution is 2.31. The van der Waals surface area contributed by atoms with Crippen molar-refractivity contribution in [1.82, 2.24) is 5.32 Å². The molecule has 1 aliphatic heterocycles. The Balaban J connectivity index is 2.18. The highest BCUT2D eigenvalue weighted by Gasteiger charge is 2.22. The van der Waals surface area contributed by atoms with E-state index in [1.807, 2.05) is 0 Å². The van der Waals surface area contributed by atoms with E-state index in [0.717, 1.165) is 5.56 Å². The van der Waals surface area contributed by atoms with Crippen LogP contribution in [0, 0.1) is 0 Å². The first kappa shape index (κ1) is 17.3. The normalized spacial score (nSPS) is 15.5. The topological polar surface area (TPSA) is 73.9 Å². The number of carbonyl (C=O) groups is 2. The van der Waals surface area contributed by atoms with E-state index in [4.69, 9.17) is 26.4 Å². The molecule has 0 unspecified atom stereocenters. The van der Waals surface area contributed by atoms with Gasteiger partial charge < -0.3 is 19.5 Å². The molecule has 0 saturated carbocycles. The van der Waals surface area contributed by atoms with Gasteiger partial charge in [0.15, 0.2) is 18.1 Å². The van der Waals surface area contributed by atoms with Gasteiger partial charge in [-0.25, -0.2) is 4.79 Å². The van der Waals surface area contributed by atoms with Crippen molar-refractivity contribution in [1.29, 1.82) is 0 Å². The molecule has 23 heavy (non-hydrogen) atoms. The number of thiocarbonyl (C=S) groups is 1. The third-order valence-corrected chi connectivity index (χ3v) is 3.94. The highest BCUT2D eigenvalue weighted by molar-refractivity contribution is 8.26. The van der Waals surface area contributed by atoms with Crippen molar-refractivity contribution in [3.63, 3.8) is 0 Å². The molecular weight excluding hydrogens is 338 g/mol. The van der Waals surface area contributed by atoms with Crippen LogP contribution in [0.2, 0.25) is 0 Å². The minimum atomic E-state index is -0.464.